The predicted octanol–water partition coefficient (Wildman–Crippen LogP) is 15.2. The summed E-state index contributed by atoms with van der Waals surface area (Å²) in [5.74, 6) is 0.599. The highest BCUT2D eigenvalue weighted by molar-refractivity contribution is 6.24. The van der Waals surface area contributed by atoms with Gasteiger partial charge in [-0.05, 0) is 105 Å². The lowest BCUT2D eigenvalue weighted by Crippen LogP contribution is -2.11. The molecule has 4 heteroatoms. The highest BCUT2D eigenvalue weighted by atomic mass is 16.3. The molecular weight excluding hydrogens is 719 g/mol. The first-order valence-corrected chi connectivity index (χ1v) is 20.0. The summed E-state index contributed by atoms with van der Waals surface area (Å²) in [6, 6.07) is 75.7. The Balaban J connectivity index is 1.09. The van der Waals surface area contributed by atoms with E-state index in [0.717, 1.165) is 50.4 Å². The summed E-state index contributed by atoms with van der Waals surface area (Å²) < 4.78 is 9.11. The largest absolute Gasteiger partial charge is 0.434 e. The molecule has 0 atom stereocenters. The SMILES string of the molecule is c1ccc(-c2nc3cccc(N(c4ccc(-c5cc6c(c7ccccc57)c5ccccc5n6-c5ccccc5)cc4)c4cc5ccccc5c5ccccc45)c3o2)cc1. The van der Waals surface area contributed by atoms with Crippen molar-refractivity contribution < 1.29 is 4.42 Å². The summed E-state index contributed by atoms with van der Waals surface area (Å²) in [5.41, 5.74) is 11.3. The molecule has 0 aliphatic carbocycles. The number of aromatic nitrogens is 2. The van der Waals surface area contributed by atoms with E-state index in [-0.39, 0.29) is 0 Å². The molecule has 0 spiro atoms. The van der Waals surface area contributed by atoms with E-state index in [2.05, 4.69) is 185 Å². The van der Waals surface area contributed by atoms with Crippen LogP contribution in [0.15, 0.2) is 217 Å². The van der Waals surface area contributed by atoms with Gasteiger partial charge in [-0.3, -0.25) is 0 Å². The number of para-hydroxylation sites is 3. The molecule has 0 amide bonds. The third-order valence-corrected chi connectivity index (χ3v) is 11.8. The highest BCUT2D eigenvalue weighted by Crippen LogP contribution is 2.46. The molecule has 0 N–H and O–H groups in total. The first kappa shape index (κ1) is 33.2. The smallest absolute Gasteiger partial charge is 0.227 e. The van der Waals surface area contributed by atoms with E-state index in [1.54, 1.807) is 0 Å². The first-order valence-electron chi connectivity index (χ1n) is 20.0. The number of fused-ring (bicyclic) bond motifs is 9. The Morgan fingerprint density at radius 2 is 1.07 bits per heavy atom. The lowest BCUT2D eigenvalue weighted by molar-refractivity contribution is 0.620. The van der Waals surface area contributed by atoms with Crippen molar-refractivity contribution in [3.8, 4) is 28.3 Å². The lowest BCUT2D eigenvalue weighted by Gasteiger charge is -2.27. The minimum Gasteiger partial charge on any atom is -0.434 e. The van der Waals surface area contributed by atoms with E-state index in [9.17, 15) is 0 Å². The Morgan fingerprint density at radius 1 is 0.424 bits per heavy atom. The lowest BCUT2D eigenvalue weighted by atomic mass is 9.94. The van der Waals surface area contributed by atoms with E-state index in [1.807, 2.05) is 36.4 Å². The minimum atomic E-state index is 0.599. The van der Waals surface area contributed by atoms with Crippen LogP contribution in [0.5, 0.6) is 0 Å². The second kappa shape index (κ2) is 13.3. The number of rotatable bonds is 6. The Bertz CT molecular complexity index is 3550. The van der Waals surface area contributed by atoms with Crippen LogP contribution in [-0.4, -0.2) is 9.55 Å². The van der Waals surface area contributed by atoms with E-state index in [0.29, 0.717) is 5.89 Å². The van der Waals surface area contributed by atoms with Gasteiger partial charge < -0.3 is 13.9 Å². The predicted molar refractivity (Wildman–Crippen MR) is 246 cm³/mol. The molecule has 12 rings (SSSR count). The molecule has 4 nitrogen and oxygen atoms in total. The quantitative estimate of drug-likeness (QED) is 0.159. The number of nitrogens with zero attached hydrogens (tertiary/aromatic N) is 3. The molecule has 59 heavy (non-hydrogen) atoms. The van der Waals surface area contributed by atoms with Gasteiger partial charge in [-0.25, -0.2) is 4.98 Å². The van der Waals surface area contributed by atoms with Crippen molar-refractivity contribution in [2.45, 2.75) is 0 Å². The molecule has 0 fully saturated rings. The zero-order valence-corrected chi connectivity index (χ0v) is 32.0. The van der Waals surface area contributed by atoms with Crippen LogP contribution in [0.1, 0.15) is 0 Å². The van der Waals surface area contributed by atoms with Crippen LogP contribution in [0.3, 0.4) is 0 Å². The van der Waals surface area contributed by atoms with Crippen LogP contribution in [-0.2, 0) is 0 Å². The molecule has 0 radical (unpaired) electrons. The van der Waals surface area contributed by atoms with Crippen molar-refractivity contribution in [3.63, 3.8) is 0 Å². The van der Waals surface area contributed by atoms with E-state index >= 15 is 0 Å². The summed E-state index contributed by atoms with van der Waals surface area (Å²) in [6.07, 6.45) is 0. The third-order valence-electron chi connectivity index (χ3n) is 11.8. The van der Waals surface area contributed by atoms with E-state index in [1.165, 1.54) is 54.3 Å². The Labute approximate surface area is 340 Å². The fourth-order valence-corrected chi connectivity index (χ4v) is 9.16. The van der Waals surface area contributed by atoms with Crippen molar-refractivity contribution >= 4 is 82.3 Å². The molecule has 0 saturated carbocycles. The molecule has 276 valence electrons. The second-order valence-corrected chi connectivity index (χ2v) is 15.1. The van der Waals surface area contributed by atoms with Gasteiger partial charge in [0.15, 0.2) is 5.58 Å². The third kappa shape index (κ3) is 5.27. The molecule has 0 bridgehead atoms. The number of anilines is 3. The van der Waals surface area contributed by atoms with Gasteiger partial charge in [0.2, 0.25) is 5.89 Å². The van der Waals surface area contributed by atoms with Gasteiger partial charge >= 0.3 is 0 Å². The van der Waals surface area contributed by atoms with Gasteiger partial charge in [-0.1, -0.05) is 146 Å². The van der Waals surface area contributed by atoms with Crippen LogP contribution in [0.4, 0.5) is 17.1 Å². The number of oxazole rings is 1. The van der Waals surface area contributed by atoms with Crippen molar-refractivity contribution in [3.05, 3.63) is 212 Å². The van der Waals surface area contributed by atoms with Crippen LogP contribution < -0.4 is 4.90 Å². The normalized spacial score (nSPS) is 11.7. The zero-order chi connectivity index (χ0) is 38.9. The van der Waals surface area contributed by atoms with Crippen LogP contribution in [0.25, 0.3) is 93.5 Å². The summed E-state index contributed by atoms with van der Waals surface area (Å²) in [4.78, 5) is 7.33. The Hall–Kier alpha value is -7.95. The highest BCUT2D eigenvalue weighted by Gasteiger charge is 2.23. The van der Waals surface area contributed by atoms with Crippen molar-refractivity contribution in [1.82, 2.24) is 9.55 Å². The summed E-state index contributed by atoms with van der Waals surface area (Å²) in [7, 11) is 0. The molecule has 0 aliphatic rings. The molecule has 10 aromatic carbocycles. The Morgan fingerprint density at radius 3 is 1.86 bits per heavy atom. The maximum absolute atomic E-state index is 6.71. The number of hydrogen-bond donors (Lipinski definition) is 0. The van der Waals surface area contributed by atoms with Crippen molar-refractivity contribution in [1.29, 1.82) is 0 Å². The van der Waals surface area contributed by atoms with E-state index < -0.39 is 0 Å². The summed E-state index contributed by atoms with van der Waals surface area (Å²) >= 11 is 0. The standard InChI is InChI=1S/C55H35N3O/c1-3-16-37(17-4-1)55-56-48-27-15-29-50(54(48)59-55)58(51-34-38-18-7-8-21-41(38)42-22-9-11-24-44(42)51)40-32-30-36(31-33-40)47-35-52-53(45-25-12-10-23-43(45)47)46-26-13-14-28-49(46)57(52)39-19-5-2-6-20-39/h1-35H. The molecule has 0 unspecified atom stereocenters. The molecule has 2 aromatic heterocycles. The Kier molecular flexibility index (Phi) is 7.50. The van der Waals surface area contributed by atoms with Crippen molar-refractivity contribution in [2.75, 3.05) is 4.90 Å². The minimum absolute atomic E-state index is 0.599. The summed E-state index contributed by atoms with van der Waals surface area (Å²) in [5, 5.41) is 9.73. The number of benzene rings is 10. The average Bonchev–Trinajstić information content (AvgIpc) is 3.90. The number of hydrogen-bond acceptors (Lipinski definition) is 3. The van der Waals surface area contributed by atoms with Gasteiger partial charge in [0.05, 0.1) is 22.4 Å². The van der Waals surface area contributed by atoms with Crippen LogP contribution in [0, 0.1) is 0 Å². The van der Waals surface area contributed by atoms with Gasteiger partial charge in [0.1, 0.15) is 5.52 Å². The zero-order valence-electron chi connectivity index (χ0n) is 32.0. The van der Waals surface area contributed by atoms with E-state index in [4.69, 9.17) is 9.40 Å². The topological polar surface area (TPSA) is 34.2 Å². The molecule has 2 heterocycles. The maximum atomic E-state index is 6.71. The fourth-order valence-electron chi connectivity index (χ4n) is 9.16. The van der Waals surface area contributed by atoms with Crippen LogP contribution in [0.2, 0.25) is 0 Å². The molecule has 12 aromatic rings. The van der Waals surface area contributed by atoms with Crippen LogP contribution >= 0.6 is 0 Å². The van der Waals surface area contributed by atoms with Gasteiger partial charge in [0.25, 0.3) is 0 Å². The van der Waals surface area contributed by atoms with Gasteiger partial charge in [-0.2, -0.15) is 0 Å². The second-order valence-electron chi connectivity index (χ2n) is 15.1. The maximum Gasteiger partial charge on any atom is 0.227 e. The van der Waals surface area contributed by atoms with Gasteiger partial charge in [0, 0.05) is 33.1 Å². The summed E-state index contributed by atoms with van der Waals surface area (Å²) in [6.45, 7) is 0. The van der Waals surface area contributed by atoms with Gasteiger partial charge in [-0.15, -0.1) is 0 Å². The average molecular weight is 754 g/mol. The molecular formula is C55H35N3O. The molecule has 0 saturated heterocycles. The van der Waals surface area contributed by atoms with Crippen molar-refractivity contribution in [2.24, 2.45) is 0 Å². The fraction of sp³-hybridized carbons (Fsp3) is 0. The monoisotopic (exact) mass is 753 g/mol. The first-order chi connectivity index (χ1) is 29.3. The molecule has 0 aliphatic heterocycles.